The van der Waals surface area contributed by atoms with Gasteiger partial charge in [0.25, 0.3) is 0 Å². The molecule has 1 saturated carbocycles. The van der Waals surface area contributed by atoms with Gasteiger partial charge in [-0.1, -0.05) is 6.42 Å². The first-order valence-electron chi connectivity index (χ1n) is 8.23. The molecule has 2 amide bonds. The molecule has 0 aliphatic heterocycles. The SMILES string of the molecule is CN(C)C(=O)[C@H]1CCCC(N(NC(C)(C)C)C(=O)O)C1.O=C(O)C(=O)O. The number of hydrogen-bond donors (Lipinski definition) is 4. The highest BCUT2D eigenvalue weighted by atomic mass is 16.4. The van der Waals surface area contributed by atoms with E-state index in [2.05, 4.69) is 5.43 Å². The fourth-order valence-corrected chi connectivity index (χ4v) is 2.64. The predicted octanol–water partition coefficient (Wildman–Crippen LogP) is 1.07. The van der Waals surface area contributed by atoms with E-state index in [0.29, 0.717) is 6.42 Å². The van der Waals surface area contributed by atoms with Gasteiger partial charge in [-0.05, 0) is 40.0 Å². The van der Waals surface area contributed by atoms with Gasteiger partial charge < -0.3 is 20.2 Å². The van der Waals surface area contributed by atoms with E-state index in [-0.39, 0.29) is 23.4 Å². The summed E-state index contributed by atoms with van der Waals surface area (Å²) in [6.07, 6.45) is 2.13. The molecule has 4 N–H and O–H groups in total. The van der Waals surface area contributed by atoms with Crippen molar-refractivity contribution in [1.82, 2.24) is 15.3 Å². The van der Waals surface area contributed by atoms with Gasteiger partial charge in [-0.2, -0.15) is 0 Å². The van der Waals surface area contributed by atoms with Crippen LogP contribution in [-0.2, 0) is 14.4 Å². The first-order valence-corrected chi connectivity index (χ1v) is 8.23. The Morgan fingerprint density at radius 1 is 0.962 bits per heavy atom. The maximum absolute atomic E-state index is 12.1. The summed E-state index contributed by atoms with van der Waals surface area (Å²) in [7, 11) is 3.49. The van der Waals surface area contributed by atoms with E-state index in [9.17, 15) is 14.7 Å². The Balaban J connectivity index is 0.000000896. The highest BCUT2D eigenvalue weighted by Crippen LogP contribution is 2.28. The second-order valence-corrected chi connectivity index (χ2v) is 7.37. The zero-order valence-corrected chi connectivity index (χ0v) is 15.9. The number of nitrogens with zero attached hydrogens (tertiary/aromatic N) is 2. The molecule has 1 fully saturated rings. The molecule has 0 saturated heterocycles. The number of nitrogens with one attached hydrogen (secondary N) is 1. The predicted molar refractivity (Wildman–Crippen MR) is 92.5 cm³/mol. The summed E-state index contributed by atoms with van der Waals surface area (Å²) < 4.78 is 0. The van der Waals surface area contributed by atoms with Crippen LogP contribution in [0.4, 0.5) is 4.79 Å². The van der Waals surface area contributed by atoms with Gasteiger partial charge in [-0.3, -0.25) is 4.79 Å². The van der Waals surface area contributed by atoms with E-state index in [1.165, 1.54) is 5.01 Å². The van der Waals surface area contributed by atoms with Gasteiger partial charge in [0.2, 0.25) is 5.91 Å². The van der Waals surface area contributed by atoms with Crippen molar-refractivity contribution in [3.05, 3.63) is 0 Å². The van der Waals surface area contributed by atoms with Crippen LogP contribution in [0.2, 0.25) is 0 Å². The maximum Gasteiger partial charge on any atom is 0.422 e. The van der Waals surface area contributed by atoms with E-state index in [0.717, 1.165) is 19.3 Å². The smallest absolute Gasteiger partial charge is 0.422 e. The van der Waals surface area contributed by atoms with Crippen LogP contribution < -0.4 is 5.43 Å². The third kappa shape index (κ3) is 8.65. The van der Waals surface area contributed by atoms with Crippen molar-refractivity contribution in [1.29, 1.82) is 0 Å². The van der Waals surface area contributed by atoms with Crippen LogP contribution >= 0.6 is 0 Å². The fourth-order valence-electron chi connectivity index (χ4n) is 2.64. The molecule has 10 heteroatoms. The number of carboxylic acid groups (broad SMARTS) is 3. The number of carbonyl (C=O) groups excluding carboxylic acids is 1. The van der Waals surface area contributed by atoms with Crippen molar-refractivity contribution in [2.75, 3.05) is 14.1 Å². The Morgan fingerprint density at radius 2 is 1.46 bits per heavy atom. The van der Waals surface area contributed by atoms with Crippen molar-refractivity contribution < 1.29 is 34.5 Å². The van der Waals surface area contributed by atoms with Crippen molar-refractivity contribution in [3.63, 3.8) is 0 Å². The number of amides is 2. The molecule has 0 spiro atoms. The largest absolute Gasteiger partial charge is 0.473 e. The van der Waals surface area contributed by atoms with Gasteiger partial charge in [0, 0.05) is 25.6 Å². The van der Waals surface area contributed by atoms with Gasteiger partial charge in [-0.15, -0.1) is 0 Å². The number of carbonyl (C=O) groups is 4. The molecule has 0 aromatic heterocycles. The monoisotopic (exact) mass is 375 g/mol. The number of carboxylic acids is 2. The number of hydrazine groups is 1. The molecule has 0 aromatic carbocycles. The lowest BCUT2D eigenvalue weighted by atomic mass is 9.84. The summed E-state index contributed by atoms with van der Waals surface area (Å²) in [6.45, 7) is 5.77. The quantitative estimate of drug-likeness (QED) is 0.423. The standard InChI is InChI=1S/C14H27N3O3.C2H2O4/c1-14(2,3)15-17(13(19)20)11-8-6-7-10(9-11)12(18)16(4)5;3-1(4)2(5)6/h10-11,15H,6-9H2,1-5H3,(H,19,20);(H,3,4)(H,5,6)/t10-,11?;/m0./s1. The molecule has 0 aromatic rings. The van der Waals surface area contributed by atoms with E-state index >= 15 is 0 Å². The first-order chi connectivity index (χ1) is 11.8. The molecular formula is C16H29N3O7. The van der Waals surface area contributed by atoms with Gasteiger partial charge in [-0.25, -0.2) is 24.8 Å². The van der Waals surface area contributed by atoms with Gasteiger partial charge in [0.05, 0.1) is 6.04 Å². The Hall–Kier alpha value is -2.36. The summed E-state index contributed by atoms with van der Waals surface area (Å²) >= 11 is 0. The lowest BCUT2D eigenvalue weighted by Gasteiger charge is -2.39. The molecule has 0 heterocycles. The molecule has 0 radical (unpaired) electrons. The minimum absolute atomic E-state index is 0.0765. The average molecular weight is 375 g/mol. The highest BCUT2D eigenvalue weighted by molar-refractivity contribution is 6.27. The van der Waals surface area contributed by atoms with Crippen molar-refractivity contribution in [2.24, 2.45) is 5.92 Å². The molecule has 1 unspecified atom stereocenters. The molecule has 1 rings (SSSR count). The lowest BCUT2D eigenvalue weighted by Crippen LogP contribution is -2.57. The normalized spacial score (nSPS) is 19.6. The summed E-state index contributed by atoms with van der Waals surface area (Å²) in [5, 5.41) is 25.5. The van der Waals surface area contributed by atoms with Crippen molar-refractivity contribution >= 4 is 23.9 Å². The Labute approximate surface area is 152 Å². The van der Waals surface area contributed by atoms with E-state index in [1.807, 2.05) is 20.8 Å². The van der Waals surface area contributed by atoms with Gasteiger partial charge in [0.15, 0.2) is 0 Å². The van der Waals surface area contributed by atoms with Crippen LogP contribution in [0.1, 0.15) is 46.5 Å². The van der Waals surface area contributed by atoms with E-state index in [4.69, 9.17) is 19.8 Å². The summed E-state index contributed by atoms with van der Waals surface area (Å²) in [5.41, 5.74) is 2.70. The topological polar surface area (TPSA) is 147 Å². The molecule has 0 bridgehead atoms. The van der Waals surface area contributed by atoms with Crippen LogP contribution in [0.25, 0.3) is 0 Å². The summed E-state index contributed by atoms with van der Waals surface area (Å²) in [4.78, 5) is 43.3. The lowest BCUT2D eigenvalue weighted by molar-refractivity contribution is -0.159. The number of aliphatic carboxylic acids is 2. The number of rotatable bonds is 3. The zero-order chi connectivity index (χ0) is 20.7. The van der Waals surface area contributed by atoms with Crippen LogP contribution in [-0.4, -0.2) is 74.8 Å². The molecule has 150 valence electrons. The molecule has 2 atom stereocenters. The number of hydrogen-bond acceptors (Lipinski definition) is 5. The molecule has 1 aliphatic rings. The van der Waals surface area contributed by atoms with Gasteiger partial charge in [0.1, 0.15) is 0 Å². The Kier molecular flexibility index (Phi) is 9.05. The zero-order valence-electron chi connectivity index (χ0n) is 15.9. The minimum atomic E-state index is -1.82. The van der Waals surface area contributed by atoms with Crippen molar-refractivity contribution in [2.45, 2.75) is 58.0 Å². The van der Waals surface area contributed by atoms with Crippen LogP contribution in [0.15, 0.2) is 0 Å². The minimum Gasteiger partial charge on any atom is -0.473 e. The fraction of sp³-hybridized carbons (Fsp3) is 0.750. The molecule has 1 aliphatic carbocycles. The Morgan fingerprint density at radius 3 is 1.81 bits per heavy atom. The van der Waals surface area contributed by atoms with Crippen LogP contribution in [0.5, 0.6) is 0 Å². The molecule has 26 heavy (non-hydrogen) atoms. The summed E-state index contributed by atoms with van der Waals surface area (Å²) in [5.74, 6) is -3.63. The third-order valence-electron chi connectivity index (χ3n) is 3.65. The van der Waals surface area contributed by atoms with Gasteiger partial charge >= 0.3 is 18.0 Å². The van der Waals surface area contributed by atoms with Crippen LogP contribution in [0, 0.1) is 5.92 Å². The highest BCUT2D eigenvalue weighted by Gasteiger charge is 2.34. The first kappa shape index (κ1) is 23.6. The van der Waals surface area contributed by atoms with E-state index in [1.54, 1.807) is 19.0 Å². The second kappa shape index (κ2) is 9.95. The Bertz CT molecular complexity index is 516. The van der Waals surface area contributed by atoms with E-state index < -0.39 is 18.0 Å². The summed E-state index contributed by atoms with van der Waals surface area (Å²) in [6, 6.07) is -0.144. The molecular weight excluding hydrogens is 346 g/mol. The second-order valence-electron chi connectivity index (χ2n) is 7.37. The maximum atomic E-state index is 12.1. The van der Waals surface area contributed by atoms with Crippen LogP contribution in [0.3, 0.4) is 0 Å². The molecule has 10 nitrogen and oxygen atoms in total. The average Bonchev–Trinajstić information content (AvgIpc) is 2.51. The van der Waals surface area contributed by atoms with Crippen molar-refractivity contribution in [3.8, 4) is 0 Å². The third-order valence-corrected chi connectivity index (χ3v) is 3.65.